The fraction of sp³-hybridized carbons (Fsp3) is 0.0204. The van der Waals surface area contributed by atoms with Crippen molar-refractivity contribution in [2.75, 3.05) is 5.32 Å². The molecule has 9 rings (SSSR count). The number of hydrogen-bond acceptors (Lipinski definition) is 1. The molecule has 0 amide bonds. The molecule has 248 valence electrons. The second-order valence-corrected chi connectivity index (χ2v) is 13.1. The fourth-order valence-electron chi connectivity index (χ4n) is 7.63. The van der Waals surface area contributed by atoms with Gasteiger partial charge in [-0.1, -0.05) is 116 Å². The Labute approximate surface area is 303 Å². The second kappa shape index (κ2) is 13.1. The van der Waals surface area contributed by atoms with Crippen LogP contribution < -0.4 is 15.9 Å². The van der Waals surface area contributed by atoms with E-state index in [-0.39, 0.29) is 0 Å². The SMILES string of the molecule is C=Cc1cc(/C=c2\c(=C/C)n(-c3cccc(-c4ccc5c(c4)c4ccccc4n5-c4ccccc4)c3)c3ccccc23)ccc1Nc1ccccc1. The van der Waals surface area contributed by atoms with E-state index in [2.05, 4.69) is 192 Å². The van der Waals surface area contributed by atoms with Gasteiger partial charge < -0.3 is 14.5 Å². The van der Waals surface area contributed by atoms with E-state index >= 15 is 0 Å². The monoisotopic (exact) mass is 667 g/mol. The summed E-state index contributed by atoms with van der Waals surface area (Å²) >= 11 is 0. The van der Waals surface area contributed by atoms with Crippen molar-refractivity contribution < 1.29 is 0 Å². The first kappa shape index (κ1) is 31.2. The first-order valence-corrected chi connectivity index (χ1v) is 17.8. The van der Waals surface area contributed by atoms with E-state index in [1.54, 1.807) is 0 Å². The molecule has 2 aromatic heterocycles. The van der Waals surface area contributed by atoms with Gasteiger partial charge in [0.05, 0.1) is 16.6 Å². The number of hydrogen-bond donors (Lipinski definition) is 1. The van der Waals surface area contributed by atoms with Gasteiger partial charge in [-0.15, -0.1) is 0 Å². The van der Waals surface area contributed by atoms with Crippen LogP contribution in [0.5, 0.6) is 0 Å². The molecule has 3 nitrogen and oxygen atoms in total. The molecule has 0 unspecified atom stereocenters. The van der Waals surface area contributed by atoms with Gasteiger partial charge in [-0.25, -0.2) is 0 Å². The summed E-state index contributed by atoms with van der Waals surface area (Å²) in [5, 5.41) is 9.60. The van der Waals surface area contributed by atoms with Crippen LogP contribution in [0.1, 0.15) is 18.1 Å². The van der Waals surface area contributed by atoms with Crippen LogP contribution in [-0.2, 0) is 0 Å². The Bertz CT molecular complexity index is 2890. The molecule has 0 radical (unpaired) electrons. The molecule has 9 aromatic rings. The molecule has 0 saturated carbocycles. The summed E-state index contributed by atoms with van der Waals surface area (Å²) in [7, 11) is 0. The predicted octanol–water partition coefficient (Wildman–Crippen LogP) is 11.4. The van der Waals surface area contributed by atoms with Crippen molar-refractivity contribution in [3.8, 4) is 22.5 Å². The average Bonchev–Trinajstić information content (AvgIpc) is 3.71. The Hall–Kier alpha value is -6.84. The molecule has 0 aliphatic rings. The van der Waals surface area contributed by atoms with Crippen LogP contribution in [0.3, 0.4) is 0 Å². The lowest BCUT2D eigenvalue weighted by molar-refractivity contribution is 1.07. The topological polar surface area (TPSA) is 21.9 Å². The molecular weight excluding hydrogens is 631 g/mol. The van der Waals surface area contributed by atoms with Crippen molar-refractivity contribution in [2.24, 2.45) is 0 Å². The van der Waals surface area contributed by atoms with Crippen molar-refractivity contribution in [1.82, 2.24) is 9.13 Å². The summed E-state index contributed by atoms with van der Waals surface area (Å²) in [5.74, 6) is 0. The summed E-state index contributed by atoms with van der Waals surface area (Å²) in [4.78, 5) is 0. The van der Waals surface area contributed by atoms with Gasteiger partial charge in [-0.3, -0.25) is 0 Å². The lowest BCUT2D eigenvalue weighted by atomic mass is 10.0. The number of anilines is 2. The van der Waals surface area contributed by atoms with Crippen LogP contribution in [0.15, 0.2) is 176 Å². The zero-order valence-electron chi connectivity index (χ0n) is 29.0. The Morgan fingerprint density at radius 2 is 1.17 bits per heavy atom. The van der Waals surface area contributed by atoms with Gasteiger partial charge >= 0.3 is 0 Å². The Kier molecular flexibility index (Phi) is 7.87. The van der Waals surface area contributed by atoms with Crippen LogP contribution in [0, 0.1) is 0 Å². The number of nitrogens with zero attached hydrogens (tertiary/aromatic N) is 2. The largest absolute Gasteiger partial charge is 0.355 e. The predicted molar refractivity (Wildman–Crippen MR) is 222 cm³/mol. The highest BCUT2D eigenvalue weighted by molar-refractivity contribution is 6.10. The quantitative estimate of drug-likeness (QED) is 0.179. The van der Waals surface area contributed by atoms with Crippen LogP contribution in [-0.4, -0.2) is 9.13 Å². The molecule has 0 fully saturated rings. The standard InChI is InChI=1S/C49H37N3/c1-3-35-30-34(26-28-45(35)50-38-17-7-5-8-18-38)31-43-41-22-11-14-25-48(41)52(46(43)4-2)40-21-15-16-36(32-40)37-27-29-49-44(33-37)42-23-12-13-24-47(42)51(49)39-19-9-6-10-20-39/h3-33,50H,1H2,2H3/b43-31-,46-4+. The van der Waals surface area contributed by atoms with E-state index in [1.807, 2.05) is 24.3 Å². The minimum atomic E-state index is 1.03. The van der Waals surface area contributed by atoms with E-state index in [0.29, 0.717) is 0 Å². The molecule has 52 heavy (non-hydrogen) atoms. The van der Waals surface area contributed by atoms with Crippen LogP contribution >= 0.6 is 0 Å². The minimum Gasteiger partial charge on any atom is -0.355 e. The number of rotatable bonds is 7. The molecule has 0 spiro atoms. The molecular formula is C49H37N3. The van der Waals surface area contributed by atoms with Gasteiger partial charge in [-0.2, -0.15) is 0 Å². The highest BCUT2D eigenvalue weighted by Gasteiger charge is 2.14. The molecule has 0 bridgehead atoms. The molecule has 0 atom stereocenters. The van der Waals surface area contributed by atoms with Crippen LogP contribution in [0.25, 0.3) is 73.4 Å². The summed E-state index contributed by atoms with van der Waals surface area (Å²) in [6.07, 6.45) is 6.44. The van der Waals surface area contributed by atoms with E-state index in [4.69, 9.17) is 0 Å². The van der Waals surface area contributed by atoms with E-state index in [1.165, 1.54) is 54.7 Å². The van der Waals surface area contributed by atoms with E-state index in [9.17, 15) is 0 Å². The number of benzene rings is 7. The maximum absolute atomic E-state index is 4.12. The molecule has 7 aromatic carbocycles. The van der Waals surface area contributed by atoms with Gasteiger partial charge in [0.15, 0.2) is 0 Å². The molecule has 2 heterocycles. The van der Waals surface area contributed by atoms with Crippen molar-refractivity contribution in [3.05, 3.63) is 198 Å². The molecule has 0 aliphatic carbocycles. The minimum absolute atomic E-state index is 1.03. The normalized spacial score (nSPS) is 12.2. The maximum Gasteiger partial charge on any atom is 0.0541 e. The summed E-state index contributed by atoms with van der Waals surface area (Å²) in [5.41, 5.74) is 12.5. The Morgan fingerprint density at radius 3 is 1.94 bits per heavy atom. The third kappa shape index (κ3) is 5.40. The number of fused-ring (bicyclic) bond motifs is 4. The first-order valence-electron chi connectivity index (χ1n) is 17.8. The Morgan fingerprint density at radius 1 is 0.519 bits per heavy atom. The maximum atomic E-state index is 4.12. The highest BCUT2D eigenvalue weighted by Crippen LogP contribution is 2.35. The third-order valence-electron chi connectivity index (χ3n) is 10.0. The van der Waals surface area contributed by atoms with Crippen LogP contribution in [0.4, 0.5) is 11.4 Å². The van der Waals surface area contributed by atoms with E-state index < -0.39 is 0 Å². The number of nitrogens with one attached hydrogen (secondary N) is 1. The zero-order chi connectivity index (χ0) is 35.0. The fourth-order valence-corrected chi connectivity index (χ4v) is 7.63. The molecule has 3 heteroatoms. The van der Waals surface area contributed by atoms with Gasteiger partial charge in [0, 0.05) is 49.5 Å². The molecule has 1 N–H and O–H groups in total. The lowest BCUT2D eigenvalue weighted by Gasteiger charge is -2.11. The second-order valence-electron chi connectivity index (χ2n) is 13.1. The van der Waals surface area contributed by atoms with Gasteiger partial charge in [0.1, 0.15) is 0 Å². The lowest BCUT2D eigenvalue weighted by Crippen LogP contribution is -2.28. The third-order valence-corrected chi connectivity index (χ3v) is 10.0. The average molecular weight is 668 g/mol. The van der Waals surface area contributed by atoms with Gasteiger partial charge in [-0.05, 0) is 108 Å². The van der Waals surface area contributed by atoms with Crippen molar-refractivity contribution in [1.29, 1.82) is 0 Å². The van der Waals surface area contributed by atoms with Gasteiger partial charge in [0.25, 0.3) is 0 Å². The summed E-state index contributed by atoms with van der Waals surface area (Å²) in [6.45, 7) is 6.25. The number of aromatic nitrogens is 2. The zero-order valence-corrected chi connectivity index (χ0v) is 29.0. The van der Waals surface area contributed by atoms with Crippen molar-refractivity contribution >= 4 is 62.3 Å². The van der Waals surface area contributed by atoms with Crippen molar-refractivity contribution in [3.63, 3.8) is 0 Å². The summed E-state index contributed by atoms with van der Waals surface area (Å²) in [6, 6.07) is 60.6. The first-order chi connectivity index (χ1) is 25.7. The molecule has 0 saturated heterocycles. The van der Waals surface area contributed by atoms with Gasteiger partial charge in [0.2, 0.25) is 0 Å². The summed E-state index contributed by atoms with van der Waals surface area (Å²) < 4.78 is 4.76. The van der Waals surface area contributed by atoms with Crippen molar-refractivity contribution in [2.45, 2.75) is 6.92 Å². The smallest absolute Gasteiger partial charge is 0.0541 e. The highest BCUT2D eigenvalue weighted by atomic mass is 15.0. The molecule has 0 aliphatic heterocycles. The van der Waals surface area contributed by atoms with E-state index in [0.717, 1.165) is 33.5 Å². The Balaban J connectivity index is 1.16. The van der Waals surface area contributed by atoms with Crippen LogP contribution in [0.2, 0.25) is 0 Å². The number of para-hydroxylation sites is 4.